The van der Waals surface area contributed by atoms with Gasteiger partial charge in [-0.25, -0.2) is 9.13 Å². The molecule has 2 unspecified atom stereocenters. The van der Waals surface area contributed by atoms with E-state index in [1.165, 1.54) is 122 Å². The second-order valence-corrected chi connectivity index (χ2v) is 29.3. The van der Waals surface area contributed by atoms with Crippen molar-refractivity contribution in [1.29, 1.82) is 0 Å². The Morgan fingerprint density at radius 1 is 0.344 bits per heavy atom. The molecule has 0 aromatic heterocycles. The van der Waals surface area contributed by atoms with Gasteiger partial charge in [0, 0.05) is 25.7 Å². The van der Waals surface area contributed by atoms with Crippen molar-refractivity contribution in [2.75, 3.05) is 39.6 Å². The third-order valence-corrected chi connectivity index (χ3v) is 17.7. The summed E-state index contributed by atoms with van der Waals surface area (Å²) in [5.74, 6) is 0.0245. The highest BCUT2D eigenvalue weighted by molar-refractivity contribution is 7.47. The number of carbonyl (C=O) groups excluding carboxylic acids is 4. The second-order valence-electron chi connectivity index (χ2n) is 26.4. The molecule has 0 amide bonds. The van der Waals surface area contributed by atoms with Gasteiger partial charge in [0.05, 0.1) is 26.4 Å². The van der Waals surface area contributed by atoms with E-state index in [0.29, 0.717) is 31.6 Å². The minimum absolute atomic E-state index is 0.0841. The summed E-state index contributed by atoms with van der Waals surface area (Å²) in [4.78, 5) is 72.5. The predicted molar refractivity (Wildman–Crippen MR) is 363 cm³/mol. The highest BCUT2D eigenvalue weighted by atomic mass is 31.2. The molecule has 17 nitrogen and oxygen atoms in total. The summed E-state index contributed by atoms with van der Waals surface area (Å²) in [6.45, 7) is 11.7. The lowest BCUT2D eigenvalue weighted by Gasteiger charge is -2.21. The SMILES string of the molecule is CCCCCC/C=C\C=C/CCCCCCCC(=O)O[C@H](COC(=O)CCCCCCCCCCCC(C)C)COP(=O)(O)OC[C@@H](O)COP(=O)(O)OC[C@@H](COC(=O)CCCCCCCCC(C)C)OC(=O)CCCCCCCCCCCCCC(C)C. The summed E-state index contributed by atoms with van der Waals surface area (Å²) < 4.78 is 68.2. The standard InChI is InChI=1S/C71H134O17P2/c1-8-9-10-11-12-13-14-15-16-17-20-25-31-40-47-54-70(75)87-66(58-81-68(73)52-45-38-30-27-22-24-29-36-43-50-63(4)5)60-85-89(77,78)83-56-65(72)57-84-90(79,80)86-61-67(59-82-69(74)53-46-39-34-33-37-44-51-64(6)7)88-71(76)55-48-41-32-26-21-18-19-23-28-35-42-49-62(2)3/h13-16,62-67,72H,8-12,17-61H2,1-7H3,(H,77,78)(H,79,80)/b14-13-,16-15-/t65-,66-,67-/m1/s1. The van der Waals surface area contributed by atoms with Gasteiger partial charge in [-0.2, -0.15) is 0 Å². The molecule has 0 fully saturated rings. The molecular weight excluding hydrogens is 1190 g/mol. The maximum absolute atomic E-state index is 13.0. The number of phosphoric ester groups is 2. The van der Waals surface area contributed by atoms with Crippen molar-refractivity contribution in [3.8, 4) is 0 Å². The summed E-state index contributed by atoms with van der Waals surface area (Å²) in [5.41, 5.74) is 0. The maximum atomic E-state index is 13.0. The topological polar surface area (TPSA) is 237 Å². The Morgan fingerprint density at radius 2 is 0.600 bits per heavy atom. The van der Waals surface area contributed by atoms with E-state index in [0.717, 1.165) is 121 Å². The summed E-state index contributed by atoms with van der Waals surface area (Å²) in [5, 5.41) is 10.6. The Morgan fingerprint density at radius 3 is 0.900 bits per heavy atom. The van der Waals surface area contributed by atoms with Crippen LogP contribution in [0.25, 0.3) is 0 Å². The second kappa shape index (κ2) is 61.4. The first-order valence-corrected chi connectivity index (χ1v) is 39.2. The average molecular weight is 1320 g/mol. The number of aliphatic hydroxyl groups is 1. The molecular formula is C71H134O17P2. The van der Waals surface area contributed by atoms with Crippen molar-refractivity contribution in [1.82, 2.24) is 0 Å². The van der Waals surface area contributed by atoms with E-state index < -0.39 is 97.5 Å². The zero-order chi connectivity index (χ0) is 66.6. The first kappa shape index (κ1) is 87.5. The highest BCUT2D eigenvalue weighted by Crippen LogP contribution is 2.45. The first-order valence-electron chi connectivity index (χ1n) is 36.2. The third-order valence-electron chi connectivity index (χ3n) is 15.8. The summed E-state index contributed by atoms with van der Waals surface area (Å²) in [7, 11) is -9.92. The Kier molecular flexibility index (Phi) is 59.7. The Balaban J connectivity index is 5.28. The average Bonchev–Trinajstić information content (AvgIpc) is 3.02. The molecule has 0 saturated heterocycles. The van der Waals surface area contributed by atoms with Crippen LogP contribution in [0.4, 0.5) is 0 Å². The van der Waals surface area contributed by atoms with Crippen LogP contribution < -0.4 is 0 Å². The molecule has 0 aliphatic carbocycles. The lowest BCUT2D eigenvalue weighted by atomic mass is 10.0. The van der Waals surface area contributed by atoms with Gasteiger partial charge < -0.3 is 33.8 Å². The van der Waals surface area contributed by atoms with Crippen LogP contribution in [0.2, 0.25) is 0 Å². The minimum atomic E-state index is -4.96. The molecule has 0 aromatic rings. The van der Waals surface area contributed by atoms with Crippen LogP contribution in [0.5, 0.6) is 0 Å². The van der Waals surface area contributed by atoms with E-state index in [1.807, 2.05) is 0 Å². The van der Waals surface area contributed by atoms with E-state index in [-0.39, 0.29) is 25.7 Å². The lowest BCUT2D eigenvalue weighted by molar-refractivity contribution is -0.161. The van der Waals surface area contributed by atoms with Gasteiger partial charge in [-0.1, -0.05) is 278 Å². The molecule has 19 heteroatoms. The van der Waals surface area contributed by atoms with Crippen molar-refractivity contribution < 1.29 is 80.2 Å². The van der Waals surface area contributed by atoms with Crippen molar-refractivity contribution in [3.05, 3.63) is 24.3 Å². The number of hydrogen-bond acceptors (Lipinski definition) is 15. The smallest absolute Gasteiger partial charge is 0.462 e. The first-order chi connectivity index (χ1) is 43.2. The van der Waals surface area contributed by atoms with Gasteiger partial charge in [-0.05, 0) is 69.1 Å². The highest BCUT2D eigenvalue weighted by Gasteiger charge is 2.30. The fourth-order valence-electron chi connectivity index (χ4n) is 10.2. The molecule has 5 atom stereocenters. The van der Waals surface area contributed by atoms with Crippen molar-refractivity contribution in [2.45, 2.75) is 349 Å². The van der Waals surface area contributed by atoms with E-state index in [2.05, 4.69) is 72.8 Å². The molecule has 0 aliphatic rings. The van der Waals surface area contributed by atoms with E-state index in [1.54, 1.807) is 0 Å². The van der Waals surface area contributed by atoms with Gasteiger partial charge in [-0.3, -0.25) is 37.3 Å². The van der Waals surface area contributed by atoms with Crippen LogP contribution in [0.1, 0.15) is 331 Å². The molecule has 0 aliphatic heterocycles. The number of esters is 4. The maximum Gasteiger partial charge on any atom is 0.472 e. The van der Waals surface area contributed by atoms with Crippen LogP contribution in [-0.2, 0) is 65.4 Å². The summed E-state index contributed by atoms with van der Waals surface area (Å²) >= 11 is 0. The van der Waals surface area contributed by atoms with Crippen molar-refractivity contribution >= 4 is 39.5 Å². The van der Waals surface area contributed by atoms with Crippen molar-refractivity contribution in [2.24, 2.45) is 17.8 Å². The van der Waals surface area contributed by atoms with Gasteiger partial charge in [0.2, 0.25) is 0 Å². The molecule has 3 N–H and O–H groups in total. The molecule has 0 heterocycles. The number of carbonyl (C=O) groups is 4. The summed E-state index contributed by atoms with van der Waals surface area (Å²) in [6, 6.07) is 0. The van der Waals surface area contributed by atoms with Crippen molar-refractivity contribution in [3.63, 3.8) is 0 Å². The summed E-state index contributed by atoms with van der Waals surface area (Å²) in [6.07, 6.45) is 48.1. The van der Waals surface area contributed by atoms with E-state index in [4.69, 9.17) is 37.0 Å². The predicted octanol–water partition coefficient (Wildman–Crippen LogP) is 19.8. The van der Waals surface area contributed by atoms with Crippen LogP contribution >= 0.6 is 15.6 Å². The zero-order valence-corrected chi connectivity index (χ0v) is 59.9. The van der Waals surface area contributed by atoms with Gasteiger partial charge in [-0.15, -0.1) is 0 Å². The van der Waals surface area contributed by atoms with E-state index >= 15 is 0 Å². The lowest BCUT2D eigenvalue weighted by Crippen LogP contribution is -2.30. The quantitative estimate of drug-likeness (QED) is 0.0169. The number of hydrogen-bond donors (Lipinski definition) is 3. The fraction of sp³-hybridized carbons (Fsp3) is 0.887. The van der Waals surface area contributed by atoms with E-state index in [9.17, 15) is 43.2 Å². The Bertz CT molecular complexity index is 1860. The molecule has 0 rings (SSSR count). The van der Waals surface area contributed by atoms with Crippen LogP contribution in [-0.4, -0.2) is 96.7 Å². The number of phosphoric acid groups is 2. The van der Waals surface area contributed by atoms with Crippen LogP contribution in [0.3, 0.4) is 0 Å². The molecule has 0 aromatic carbocycles. The van der Waals surface area contributed by atoms with Crippen LogP contribution in [0.15, 0.2) is 24.3 Å². The van der Waals surface area contributed by atoms with Crippen LogP contribution in [0, 0.1) is 17.8 Å². The molecule has 90 heavy (non-hydrogen) atoms. The Hall–Kier alpha value is -2.46. The molecule has 0 bridgehead atoms. The zero-order valence-electron chi connectivity index (χ0n) is 58.1. The number of rotatable bonds is 67. The largest absolute Gasteiger partial charge is 0.472 e. The number of aliphatic hydroxyl groups excluding tert-OH is 1. The minimum Gasteiger partial charge on any atom is -0.462 e. The monoisotopic (exact) mass is 1320 g/mol. The Labute approximate surface area is 548 Å². The number of allylic oxidation sites excluding steroid dienone is 4. The molecule has 0 saturated carbocycles. The number of ether oxygens (including phenoxy) is 4. The normalized spacial score (nSPS) is 14.4. The molecule has 0 radical (unpaired) electrons. The van der Waals surface area contributed by atoms with Gasteiger partial charge >= 0.3 is 39.5 Å². The third kappa shape index (κ3) is 64.3. The fourth-order valence-corrected chi connectivity index (χ4v) is 11.8. The number of unbranched alkanes of at least 4 members (excludes halogenated alkanes) is 32. The van der Waals surface area contributed by atoms with Gasteiger partial charge in [0.25, 0.3) is 0 Å². The molecule has 530 valence electrons. The molecule has 0 spiro atoms. The van der Waals surface area contributed by atoms with Gasteiger partial charge in [0.1, 0.15) is 19.3 Å². The van der Waals surface area contributed by atoms with Gasteiger partial charge in [0.15, 0.2) is 12.2 Å².